The van der Waals surface area contributed by atoms with Crippen molar-refractivity contribution in [2.45, 2.75) is 26.0 Å². The van der Waals surface area contributed by atoms with Gasteiger partial charge in [0.25, 0.3) is 0 Å². The van der Waals surface area contributed by atoms with Crippen LogP contribution in [0.1, 0.15) is 25.5 Å². The summed E-state index contributed by atoms with van der Waals surface area (Å²) < 4.78 is 5.48. The van der Waals surface area contributed by atoms with Crippen molar-refractivity contribution in [3.05, 3.63) is 35.9 Å². The van der Waals surface area contributed by atoms with E-state index in [1.807, 2.05) is 25.1 Å². The number of benzene rings is 1. The summed E-state index contributed by atoms with van der Waals surface area (Å²) >= 11 is 0. The minimum absolute atomic E-state index is 0.169. The van der Waals surface area contributed by atoms with E-state index < -0.39 is 0 Å². The molecule has 1 aliphatic heterocycles. The topological polar surface area (TPSA) is 21.6 Å². The smallest absolute Gasteiger partial charge is 0.181 e. The molecule has 2 nitrogen and oxygen atoms in total. The predicted octanol–water partition coefficient (Wildman–Crippen LogP) is 2.56. The summed E-state index contributed by atoms with van der Waals surface area (Å²) in [7, 11) is 0. The van der Waals surface area contributed by atoms with Gasteiger partial charge in [-0.2, -0.15) is 0 Å². The first-order valence-electron chi connectivity index (χ1n) is 4.53. The summed E-state index contributed by atoms with van der Waals surface area (Å²) in [6, 6.07) is 10.4. The Hall–Kier alpha value is -1.31. The molecule has 1 aliphatic rings. The van der Waals surface area contributed by atoms with Crippen LogP contribution in [0.5, 0.6) is 0 Å². The van der Waals surface area contributed by atoms with Gasteiger partial charge in [-0.15, -0.1) is 0 Å². The zero-order chi connectivity index (χ0) is 9.26. The van der Waals surface area contributed by atoms with Gasteiger partial charge in [-0.3, -0.25) is 0 Å². The normalized spacial score (nSPS) is 26.8. The Morgan fingerprint density at radius 2 is 1.92 bits per heavy atom. The first-order chi connectivity index (χ1) is 6.27. The Morgan fingerprint density at radius 1 is 1.23 bits per heavy atom. The molecule has 0 N–H and O–H groups in total. The van der Waals surface area contributed by atoms with Crippen molar-refractivity contribution in [1.29, 1.82) is 0 Å². The maximum atomic E-state index is 5.48. The quantitative estimate of drug-likeness (QED) is 0.642. The fourth-order valence-corrected chi connectivity index (χ4v) is 1.66. The molecule has 68 valence electrons. The van der Waals surface area contributed by atoms with Gasteiger partial charge in [-0.05, 0) is 12.5 Å². The van der Waals surface area contributed by atoms with Crippen LogP contribution < -0.4 is 0 Å². The van der Waals surface area contributed by atoms with E-state index in [1.165, 1.54) is 5.56 Å². The molecule has 2 heteroatoms. The van der Waals surface area contributed by atoms with Gasteiger partial charge in [-0.25, -0.2) is 4.99 Å². The molecule has 0 saturated heterocycles. The molecule has 0 saturated carbocycles. The third-order valence-corrected chi connectivity index (χ3v) is 2.26. The second-order valence-corrected chi connectivity index (χ2v) is 3.33. The number of nitrogens with zero attached hydrogens (tertiary/aromatic N) is 1. The van der Waals surface area contributed by atoms with Gasteiger partial charge in [-0.1, -0.05) is 30.3 Å². The first-order valence-corrected chi connectivity index (χ1v) is 4.53. The highest BCUT2D eigenvalue weighted by molar-refractivity contribution is 5.75. The van der Waals surface area contributed by atoms with Crippen LogP contribution >= 0.6 is 0 Å². The zero-order valence-electron chi connectivity index (χ0n) is 7.90. The van der Waals surface area contributed by atoms with Crippen LogP contribution in [0, 0.1) is 0 Å². The summed E-state index contributed by atoms with van der Waals surface area (Å²) in [5.41, 5.74) is 1.23. The molecule has 2 rings (SSSR count). The van der Waals surface area contributed by atoms with Gasteiger partial charge in [0.1, 0.15) is 12.1 Å². The molecule has 1 heterocycles. The van der Waals surface area contributed by atoms with Gasteiger partial charge in [0.15, 0.2) is 5.90 Å². The number of aliphatic imine (C=N–C) groups is 1. The monoisotopic (exact) mass is 175 g/mol. The number of hydrogen-bond donors (Lipinski definition) is 0. The molecular formula is C11H13NO. The van der Waals surface area contributed by atoms with Gasteiger partial charge in [0.2, 0.25) is 0 Å². The van der Waals surface area contributed by atoms with Gasteiger partial charge < -0.3 is 4.74 Å². The predicted molar refractivity (Wildman–Crippen MR) is 52.8 cm³/mol. The molecule has 2 atom stereocenters. The number of ether oxygens (including phenoxy) is 1. The molecule has 0 bridgehead atoms. The Labute approximate surface area is 78.3 Å². The van der Waals surface area contributed by atoms with Gasteiger partial charge in [0, 0.05) is 6.92 Å². The van der Waals surface area contributed by atoms with E-state index in [-0.39, 0.29) is 12.1 Å². The average Bonchev–Trinajstić information content (AvgIpc) is 2.47. The fraction of sp³-hybridized carbons (Fsp3) is 0.364. The summed E-state index contributed by atoms with van der Waals surface area (Å²) in [5.74, 6) is 0.793. The molecular weight excluding hydrogens is 162 g/mol. The van der Waals surface area contributed by atoms with E-state index in [2.05, 4.69) is 24.0 Å². The largest absolute Gasteiger partial charge is 0.476 e. The lowest BCUT2D eigenvalue weighted by Gasteiger charge is -2.12. The van der Waals surface area contributed by atoms with Gasteiger partial charge >= 0.3 is 0 Å². The van der Waals surface area contributed by atoms with E-state index >= 15 is 0 Å². The van der Waals surface area contributed by atoms with E-state index in [9.17, 15) is 0 Å². The lowest BCUT2D eigenvalue weighted by Crippen LogP contribution is -2.10. The second kappa shape index (κ2) is 3.21. The van der Waals surface area contributed by atoms with Crippen LogP contribution in [-0.2, 0) is 4.74 Å². The molecule has 0 fully saturated rings. The van der Waals surface area contributed by atoms with Crippen molar-refractivity contribution < 1.29 is 4.74 Å². The van der Waals surface area contributed by atoms with Crippen molar-refractivity contribution in [1.82, 2.24) is 0 Å². The Bertz CT molecular complexity index is 318. The van der Waals surface area contributed by atoms with Crippen LogP contribution in [0.4, 0.5) is 0 Å². The minimum atomic E-state index is 0.169. The van der Waals surface area contributed by atoms with E-state index in [0.717, 1.165) is 5.90 Å². The third kappa shape index (κ3) is 1.57. The highest BCUT2D eigenvalue weighted by Crippen LogP contribution is 2.28. The number of hydrogen-bond acceptors (Lipinski definition) is 2. The molecule has 0 radical (unpaired) electrons. The first kappa shape index (κ1) is 8.30. The van der Waals surface area contributed by atoms with Crippen LogP contribution in [0.15, 0.2) is 35.3 Å². The molecule has 0 aliphatic carbocycles. The second-order valence-electron chi connectivity index (χ2n) is 3.33. The highest BCUT2D eigenvalue weighted by atomic mass is 16.5. The molecule has 13 heavy (non-hydrogen) atoms. The van der Waals surface area contributed by atoms with E-state index in [1.54, 1.807) is 0 Å². The molecule has 1 aromatic rings. The van der Waals surface area contributed by atoms with Crippen molar-refractivity contribution in [2.75, 3.05) is 0 Å². The van der Waals surface area contributed by atoms with Crippen molar-refractivity contribution in [3.63, 3.8) is 0 Å². The minimum Gasteiger partial charge on any atom is -0.476 e. The Kier molecular flexibility index (Phi) is 2.05. The van der Waals surface area contributed by atoms with Crippen LogP contribution in [0.25, 0.3) is 0 Å². The van der Waals surface area contributed by atoms with Crippen molar-refractivity contribution >= 4 is 5.90 Å². The van der Waals surface area contributed by atoms with Crippen molar-refractivity contribution in [3.8, 4) is 0 Å². The molecule has 0 spiro atoms. The molecule has 0 aromatic heterocycles. The van der Waals surface area contributed by atoms with Crippen LogP contribution in [0.3, 0.4) is 0 Å². The Balaban J connectivity index is 2.27. The molecule has 1 aromatic carbocycles. The standard InChI is InChI=1S/C11H13NO/c1-8-11(12-9(2)13-8)10-6-4-3-5-7-10/h3-8,11H,1-2H3. The molecule has 2 unspecified atom stereocenters. The lowest BCUT2D eigenvalue weighted by atomic mass is 10.0. The lowest BCUT2D eigenvalue weighted by molar-refractivity contribution is 0.212. The fourth-order valence-electron chi connectivity index (χ4n) is 1.66. The van der Waals surface area contributed by atoms with Gasteiger partial charge in [0.05, 0.1) is 0 Å². The zero-order valence-corrected chi connectivity index (χ0v) is 7.90. The van der Waals surface area contributed by atoms with E-state index in [0.29, 0.717) is 0 Å². The summed E-state index contributed by atoms with van der Waals surface area (Å²) in [6.45, 7) is 3.96. The maximum Gasteiger partial charge on any atom is 0.181 e. The van der Waals surface area contributed by atoms with Crippen LogP contribution in [0.2, 0.25) is 0 Å². The summed E-state index contributed by atoms with van der Waals surface area (Å²) in [5, 5.41) is 0. The van der Waals surface area contributed by atoms with E-state index in [4.69, 9.17) is 4.74 Å². The third-order valence-electron chi connectivity index (χ3n) is 2.26. The average molecular weight is 175 g/mol. The van der Waals surface area contributed by atoms with Crippen molar-refractivity contribution in [2.24, 2.45) is 4.99 Å². The highest BCUT2D eigenvalue weighted by Gasteiger charge is 2.25. The summed E-state index contributed by atoms with van der Waals surface area (Å²) in [4.78, 5) is 4.43. The number of rotatable bonds is 1. The summed E-state index contributed by atoms with van der Waals surface area (Å²) in [6.07, 6.45) is 0.169. The maximum absolute atomic E-state index is 5.48. The van der Waals surface area contributed by atoms with Crippen LogP contribution in [-0.4, -0.2) is 12.0 Å². The SMILES string of the molecule is CC1=NC(c2ccccc2)C(C)O1. The molecule has 0 amide bonds. The Morgan fingerprint density at radius 3 is 2.46 bits per heavy atom.